The van der Waals surface area contributed by atoms with E-state index in [9.17, 15) is 13.6 Å². The molecule has 0 aliphatic carbocycles. The van der Waals surface area contributed by atoms with Crippen LogP contribution < -0.4 is 0 Å². The van der Waals surface area contributed by atoms with Gasteiger partial charge in [-0.2, -0.15) is 5.10 Å². The van der Waals surface area contributed by atoms with Crippen LogP contribution in [-0.2, 0) is 11.3 Å². The topological polar surface area (TPSA) is 55.1 Å². The van der Waals surface area contributed by atoms with Gasteiger partial charge in [0.2, 0.25) is 0 Å². The van der Waals surface area contributed by atoms with E-state index in [1.807, 2.05) is 0 Å². The van der Waals surface area contributed by atoms with Crippen LogP contribution in [0.1, 0.15) is 18.5 Å². The molecule has 78 valence electrons. The van der Waals surface area contributed by atoms with Gasteiger partial charge < -0.3 is 5.11 Å². The molecule has 0 saturated carbocycles. The number of aromatic nitrogens is 2. The predicted molar refractivity (Wildman–Crippen MR) is 44.4 cm³/mol. The van der Waals surface area contributed by atoms with Crippen LogP contribution in [0, 0.1) is 0 Å². The van der Waals surface area contributed by atoms with Crippen molar-refractivity contribution in [3.63, 3.8) is 0 Å². The minimum Gasteiger partial charge on any atom is -0.481 e. The number of carboxylic acids is 1. The van der Waals surface area contributed by atoms with E-state index in [1.54, 1.807) is 0 Å². The molecule has 0 amide bonds. The molecule has 0 radical (unpaired) electrons. The molecular weight excluding hydrogens is 218 g/mol. The molecule has 1 aromatic rings. The number of carboxylic acid groups (broad SMARTS) is 1. The molecule has 1 heterocycles. The summed E-state index contributed by atoms with van der Waals surface area (Å²) in [5, 5.41) is 11.6. The second-order valence-electron chi connectivity index (χ2n) is 2.57. The highest BCUT2D eigenvalue weighted by Gasteiger charge is 2.16. The Morgan fingerprint density at radius 3 is 2.79 bits per heavy atom. The lowest BCUT2D eigenvalue weighted by Gasteiger charge is -1.96. The predicted octanol–water partition coefficient (Wildman–Crippen LogP) is 1.95. The normalized spacial score (nSPS) is 10.9. The first-order valence-corrected chi connectivity index (χ1v) is 4.11. The van der Waals surface area contributed by atoms with Gasteiger partial charge in [-0.3, -0.25) is 9.48 Å². The third-order valence-electron chi connectivity index (χ3n) is 1.50. The molecule has 0 bridgehead atoms. The minimum atomic E-state index is -2.74. The first-order valence-electron chi connectivity index (χ1n) is 3.73. The maximum Gasteiger partial charge on any atom is 0.305 e. The summed E-state index contributed by atoms with van der Waals surface area (Å²) < 4.78 is 25.4. The molecule has 0 aromatic carbocycles. The van der Waals surface area contributed by atoms with E-state index in [0.29, 0.717) is 0 Å². The van der Waals surface area contributed by atoms with Gasteiger partial charge in [0.05, 0.1) is 18.0 Å². The van der Waals surface area contributed by atoms with E-state index in [0.717, 1.165) is 4.68 Å². The summed E-state index contributed by atoms with van der Waals surface area (Å²) in [7, 11) is 0. The summed E-state index contributed by atoms with van der Waals surface area (Å²) in [5.41, 5.74) is -0.517. The Balaban J connectivity index is 2.71. The zero-order valence-electron chi connectivity index (χ0n) is 6.95. The number of hydrogen-bond donors (Lipinski definition) is 1. The number of hydrogen-bond acceptors (Lipinski definition) is 2. The Kier molecular flexibility index (Phi) is 3.40. The highest BCUT2D eigenvalue weighted by molar-refractivity contribution is 6.31. The zero-order valence-corrected chi connectivity index (χ0v) is 7.71. The molecule has 0 fully saturated rings. The average molecular weight is 225 g/mol. The van der Waals surface area contributed by atoms with E-state index in [1.165, 1.54) is 6.20 Å². The fourth-order valence-corrected chi connectivity index (χ4v) is 1.12. The van der Waals surface area contributed by atoms with Gasteiger partial charge in [0.15, 0.2) is 0 Å². The quantitative estimate of drug-likeness (QED) is 0.851. The molecule has 4 nitrogen and oxygen atoms in total. The van der Waals surface area contributed by atoms with E-state index < -0.39 is 18.1 Å². The van der Waals surface area contributed by atoms with Gasteiger partial charge in [-0.1, -0.05) is 11.6 Å². The van der Waals surface area contributed by atoms with Crippen LogP contribution in [0.4, 0.5) is 8.78 Å². The summed E-state index contributed by atoms with van der Waals surface area (Å²) >= 11 is 5.44. The average Bonchev–Trinajstić information content (AvgIpc) is 2.43. The summed E-state index contributed by atoms with van der Waals surface area (Å²) in [5.74, 6) is -1.02. The third-order valence-corrected chi connectivity index (χ3v) is 1.80. The van der Waals surface area contributed by atoms with E-state index in [-0.39, 0.29) is 18.0 Å². The van der Waals surface area contributed by atoms with Crippen molar-refractivity contribution in [2.45, 2.75) is 19.4 Å². The van der Waals surface area contributed by atoms with Crippen molar-refractivity contribution in [2.75, 3.05) is 0 Å². The molecular formula is C7H7ClF2N2O2. The fourth-order valence-electron chi connectivity index (χ4n) is 0.885. The molecule has 1 N–H and O–H groups in total. The lowest BCUT2D eigenvalue weighted by Crippen LogP contribution is -2.05. The number of aryl methyl sites for hydroxylation is 1. The van der Waals surface area contributed by atoms with Crippen LogP contribution >= 0.6 is 11.6 Å². The van der Waals surface area contributed by atoms with Gasteiger partial charge >= 0.3 is 5.97 Å². The van der Waals surface area contributed by atoms with Crippen LogP contribution in [0.3, 0.4) is 0 Å². The molecule has 14 heavy (non-hydrogen) atoms. The monoisotopic (exact) mass is 224 g/mol. The van der Waals surface area contributed by atoms with Crippen molar-refractivity contribution in [2.24, 2.45) is 0 Å². The van der Waals surface area contributed by atoms with Gasteiger partial charge in [-0.15, -0.1) is 0 Å². The molecule has 7 heteroatoms. The summed E-state index contributed by atoms with van der Waals surface area (Å²) in [6.45, 7) is 0.0295. The molecule has 0 aliphatic heterocycles. The SMILES string of the molecule is O=C(O)CCn1cc(Cl)c(C(F)F)n1. The smallest absolute Gasteiger partial charge is 0.305 e. The van der Waals surface area contributed by atoms with Crippen LogP contribution in [0.25, 0.3) is 0 Å². The number of aliphatic carboxylic acids is 1. The van der Waals surface area contributed by atoms with Gasteiger partial charge in [-0.25, -0.2) is 8.78 Å². The van der Waals surface area contributed by atoms with Crippen molar-refractivity contribution in [3.8, 4) is 0 Å². The Bertz CT molecular complexity index is 340. The number of rotatable bonds is 4. The Labute approximate surface area is 83.1 Å². The molecule has 0 unspecified atom stereocenters. The van der Waals surface area contributed by atoms with Crippen molar-refractivity contribution in [1.29, 1.82) is 0 Å². The molecule has 0 aliphatic rings. The van der Waals surface area contributed by atoms with Crippen molar-refractivity contribution in [1.82, 2.24) is 9.78 Å². The standard InChI is InChI=1S/C7H7ClF2N2O2/c8-4-3-12(2-1-5(13)14)11-6(4)7(9)10/h3,7H,1-2H2,(H,13,14). The third kappa shape index (κ3) is 2.66. The molecule has 1 rings (SSSR count). The Morgan fingerprint density at radius 2 is 2.36 bits per heavy atom. The van der Waals surface area contributed by atoms with E-state index in [2.05, 4.69) is 5.10 Å². The lowest BCUT2D eigenvalue weighted by molar-refractivity contribution is -0.137. The molecule has 1 aromatic heterocycles. The van der Waals surface area contributed by atoms with Crippen LogP contribution in [0.2, 0.25) is 5.02 Å². The highest BCUT2D eigenvalue weighted by Crippen LogP contribution is 2.24. The van der Waals surface area contributed by atoms with Crippen LogP contribution in [-0.4, -0.2) is 20.9 Å². The summed E-state index contributed by atoms with van der Waals surface area (Å²) in [4.78, 5) is 10.2. The van der Waals surface area contributed by atoms with Crippen LogP contribution in [0.15, 0.2) is 6.20 Å². The second kappa shape index (κ2) is 4.36. The maximum atomic E-state index is 12.2. The Morgan fingerprint density at radius 1 is 1.71 bits per heavy atom. The van der Waals surface area contributed by atoms with E-state index in [4.69, 9.17) is 16.7 Å². The minimum absolute atomic E-state index is 0.0295. The van der Waals surface area contributed by atoms with Crippen molar-refractivity contribution in [3.05, 3.63) is 16.9 Å². The maximum absolute atomic E-state index is 12.2. The van der Waals surface area contributed by atoms with Gasteiger partial charge in [-0.05, 0) is 0 Å². The highest BCUT2D eigenvalue weighted by atomic mass is 35.5. The van der Waals surface area contributed by atoms with Gasteiger partial charge in [0.25, 0.3) is 6.43 Å². The van der Waals surface area contributed by atoms with Gasteiger partial charge in [0.1, 0.15) is 5.69 Å². The summed E-state index contributed by atoms with van der Waals surface area (Å²) in [6, 6.07) is 0. The molecule has 0 spiro atoms. The zero-order chi connectivity index (χ0) is 10.7. The fraction of sp³-hybridized carbons (Fsp3) is 0.429. The second-order valence-corrected chi connectivity index (χ2v) is 2.98. The lowest BCUT2D eigenvalue weighted by atomic mass is 10.4. The largest absolute Gasteiger partial charge is 0.481 e. The number of alkyl halides is 2. The van der Waals surface area contributed by atoms with Crippen LogP contribution in [0.5, 0.6) is 0 Å². The number of nitrogens with zero attached hydrogens (tertiary/aromatic N) is 2. The summed E-state index contributed by atoms with van der Waals surface area (Å²) in [6.07, 6.45) is -1.74. The first kappa shape index (κ1) is 10.9. The van der Waals surface area contributed by atoms with E-state index >= 15 is 0 Å². The number of carbonyl (C=O) groups is 1. The first-order chi connectivity index (χ1) is 6.50. The Hall–Kier alpha value is -1.17. The number of halogens is 3. The molecule has 0 saturated heterocycles. The van der Waals surface area contributed by atoms with Crippen molar-refractivity contribution < 1.29 is 18.7 Å². The molecule has 0 atom stereocenters. The van der Waals surface area contributed by atoms with Gasteiger partial charge in [0, 0.05) is 6.20 Å². The van der Waals surface area contributed by atoms with Crippen molar-refractivity contribution >= 4 is 17.6 Å².